The molecule has 4 aromatic heterocycles. The van der Waals surface area contributed by atoms with E-state index in [0.29, 0.717) is 17.5 Å². The third-order valence-corrected chi connectivity index (χ3v) is 13.2. The molecule has 0 aliphatic heterocycles. The minimum Gasteiger partial charge on any atom is -0.456 e. The van der Waals surface area contributed by atoms with Crippen molar-refractivity contribution in [2.24, 2.45) is 0 Å². The molecule has 67 heavy (non-hydrogen) atoms. The van der Waals surface area contributed by atoms with E-state index in [1.807, 2.05) is 48.5 Å². The summed E-state index contributed by atoms with van der Waals surface area (Å²) in [5, 5.41) is 8.77. The van der Waals surface area contributed by atoms with E-state index in [9.17, 15) is 0 Å². The fraction of sp³-hybridized carbons (Fsp3) is 0. The first-order chi connectivity index (χ1) is 33.2. The molecule has 0 bridgehead atoms. The van der Waals surface area contributed by atoms with E-state index in [-0.39, 0.29) is 0 Å². The van der Waals surface area contributed by atoms with Crippen molar-refractivity contribution in [2.75, 3.05) is 0 Å². The van der Waals surface area contributed by atoms with Gasteiger partial charge in [0.2, 0.25) is 0 Å². The van der Waals surface area contributed by atoms with Gasteiger partial charge in [-0.05, 0) is 82.1 Å². The molecule has 0 atom stereocenters. The maximum Gasteiger partial charge on any atom is 0.164 e. The summed E-state index contributed by atoms with van der Waals surface area (Å²) in [7, 11) is 0. The Hall–Kier alpha value is -9.13. The fourth-order valence-electron chi connectivity index (χ4n) is 10.1. The zero-order chi connectivity index (χ0) is 44.0. The lowest BCUT2D eigenvalue weighted by molar-refractivity contribution is 0.668. The predicted molar refractivity (Wildman–Crippen MR) is 273 cm³/mol. The van der Waals surface area contributed by atoms with Crippen LogP contribution in [0.2, 0.25) is 0 Å². The SMILES string of the molecule is c1ccc(-c2ccc(-c3nc(-c4ccc5oc6ccccc6c5c4)nc(-c4cccc5oc6cc(-n7c8ccccc8c8cc9ccccc9cc87)c(-c7ccccc7)cc6c45)n3)cc2)cc1. The van der Waals surface area contributed by atoms with Crippen LogP contribution in [0.15, 0.2) is 227 Å². The largest absolute Gasteiger partial charge is 0.456 e. The molecule has 312 valence electrons. The molecule has 0 aliphatic rings. The van der Waals surface area contributed by atoms with Crippen molar-refractivity contribution in [2.45, 2.75) is 0 Å². The molecular formula is C61H36N4O2. The monoisotopic (exact) mass is 856 g/mol. The number of furan rings is 2. The van der Waals surface area contributed by atoms with Crippen LogP contribution in [0.4, 0.5) is 0 Å². The van der Waals surface area contributed by atoms with Crippen LogP contribution in [0, 0.1) is 0 Å². The maximum atomic E-state index is 6.91. The first-order valence-corrected chi connectivity index (χ1v) is 22.5. The number of nitrogens with zero attached hydrogens (tertiary/aromatic N) is 4. The summed E-state index contributed by atoms with van der Waals surface area (Å²) in [6, 6.07) is 76.4. The van der Waals surface area contributed by atoms with E-state index in [1.54, 1.807) is 0 Å². The second-order valence-electron chi connectivity index (χ2n) is 17.1. The van der Waals surface area contributed by atoms with Gasteiger partial charge in [-0.15, -0.1) is 0 Å². The van der Waals surface area contributed by atoms with Crippen LogP contribution in [0.3, 0.4) is 0 Å². The van der Waals surface area contributed by atoms with Gasteiger partial charge in [0.05, 0.1) is 16.7 Å². The van der Waals surface area contributed by atoms with Crippen molar-refractivity contribution < 1.29 is 8.83 Å². The lowest BCUT2D eigenvalue weighted by Gasteiger charge is -2.15. The summed E-state index contributed by atoms with van der Waals surface area (Å²) in [6.07, 6.45) is 0. The predicted octanol–water partition coefficient (Wildman–Crippen LogP) is 16.3. The molecule has 4 heterocycles. The summed E-state index contributed by atoms with van der Waals surface area (Å²) in [4.78, 5) is 15.8. The molecule has 6 heteroatoms. The highest BCUT2D eigenvalue weighted by Gasteiger charge is 2.23. The Morgan fingerprint density at radius 3 is 1.72 bits per heavy atom. The summed E-state index contributed by atoms with van der Waals surface area (Å²) in [5.41, 5.74) is 13.5. The van der Waals surface area contributed by atoms with Crippen LogP contribution in [0.25, 0.3) is 139 Å². The third-order valence-electron chi connectivity index (χ3n) is 13.2. The lowest BCUT2D eigenvalue weighted by Crippen LogP contribution is -2.00. The first-order valence-electron chi connectivity index (χ1n) is 22.5. The van der Waals surface area contributed by atoms with Gasteiger partial charge in [-0.2, -0.15) is 0 Å². The highest BCUT2D eigenvalue weighted by Crippen LogP contribution is 2.44. The van der Waals surface area contributed by atoms with Gasteiger partial charge in [0.1, 0.15) is 22.3 Å². The number of aromatic nitrogens is 4. The van der Waals surface area contributed by atoms with E-state index in [0.717, 1.165) is 99.5 Å². The van der Waals surface area contributed by atoms with Crippen molar-refractivity contribution in [3.63, 3.8) is 0 Å². The number of rotatable bonds is 6. The van der Waals surface area contributed by atoms with Gasteiger partial charge in [0.25, 0.3) is 0 Å². The van der Waals surface area contributed by atoms with Crippen molar-refractivity contribution in [3.8, 4) is 62.1 Å². The Kier molecular flexibility index (Phi) is 8.18. The van der Waals surface area contributed by atoms with Crippen molar-refractivity contribution in [3.05, 3.63) is 218 Å². The molecule has 6 nitrogen and oxygen atoms in total. The van der Waals surface area contributed by atoms with Crippen molar-refractivity contribution in [1.29, 1.82) is 0 Å². The van der Waals surface area contributed by atoms with Crippen molar-refractivity contribution >= 4 is 76.5 Å². The van der Waals surface area contributed by atoms with Gasteiger partial charge in [0, 0.05) is 60.6 Å². The normalized spacial score (nSPS) is 11.9. The minimum atomic E-state index is 0.553. The van der Waals surface area contributed by atoms with Gasteiger partial charge in [-0.25, -0.2) is 15.0 Å². The summed E-state index contributed by atoms with van der Waals surface area (Å²) < 4.78 is 15.5. The van der Waals surface area contributed by atoms with Crippen LogP contribution in [-0.2, 0) is 0 Å². The highest BCUT2D eigenvalue weighted by atomic mass is 16.3. The van der Waals surface area contributed by atoms with Gasteiger partial charge in [-0.1, -0.05) is 158 Å². The van der Waals surface area contributed by atoms with Gasteiger partial charge < -0.3 is 13.4 Å². The van der Waals surface area contributed by atoms with Gasteiger partial charge in [0.15, 0.2) is 17.5 Å². The molecule has 0 radical (unpaired) electrons. The average Bonchev–Trinajstić information content (AvgIpc) is 4.06. The quantitative estimate of drug-likeness (QED) is 0.167. The molecule has 14 rings (SSSR count). The molecule has 0 spiro atoms. The third kappa shape index (κ3) is 6.00. The van der Waals surface area contributed by atoms with Crippen LogP contribution in [-0.4, -0.2) is 19.5 Å². The highest BCUT2D eigenvalue weighted by molar-refractivity contribution is 6.17. The second-order valence-corrected chi connectivity index (χ2v) is 17.1. The topological polar surface area (TPSA) is 69.9 Å². The Labute approximate surface area is 383 Å². The summed E-state index contributed by atoms with van der Waals surface area (Å²) >= 11 is 0. The van der Waals surface area contributed by atoms with Crippen molar-refractivity contribution in [1.82, 2.24) is 19.5 Å². The Morgan fingerprint density at radius 1 is 0.299 bits per heavy atom. The molecule has 14 aromatic rings. The zero-order valence-corrected chi connectivity index (χ0v) is 35.9. The maximum absolute atomic E-state index is 6.91. The molecule has 0 aliphatic carbocycles. The number of fused-ring (bicyclic) bond motifs is 10. The van der Waals surface area contributed by atoms with E-state index < -0.39 is 0 Å². The minimum absolute atomic E-state index is 0.553. The molecule has 0 unspecified atom stereocenters. The number of hydrogen-bond donors (Lipinski definition) is 0. The summed E-state index contributed by atoms with van der Waals surface area (Å²) in [5.74, 6) is 1.69. The van der Waals surface area contributed by atoms with Crippen LogP contribution < -0.4 is 0 Å². The Balaban J connectivity index is 1.01. The Bertz CT molecular complexity index is 4260. The zero-order valence-electron chi connectivity index (χ0n) is 35.9. The van der Waals surface area contributed by atoms with Crippen LogP contribution in [0.5, 0.6) is 0 Å². The first kappa shape index (κ1) is 37.3. The molecular weight excluding hydrogens is 821 g/mol. The number of benzene rings is 10. The molecule has 0 N–H and O–H groups in total. The van der Waals surface area contributed by atoms with E-state index in [2.05, 4.69) is 174 Å². The average molecular weight is 857 g/mol. The Morgan fingerprint density at radius 2 is 0.896 bits per heavy atom. The molecule has 10 aromatic carbocycles. The van der Waals surface area contributed by atoms with Crippen LogP contribution >= 0.6 is 0 Å². The van der Waals surface area contributed by atoms with E-state index in [1.165, 1.54) is 21.5 Å². The molecule has 0 amide bonds. The van der Waals surface area contributed by atoms with Gasteiger partial charge >= 0.3 is 0 Å². The standard InChI is InChI=1S/C61H36N4O2/c1-3-14-37(15-4-1)38-26-28-40(29-27-38)59-62-60(43-30-31-55-49(33-43)45-21-10-12-24-54(45)66-55)64-61(63-59)46-22-13-25-56-58(46)50-35-47(39-16-5-2-6-17-39)53(36-57(50)67-56)65-51-23-11-9-20-44(51)48-32-41-18-7-8-19-42(41)34-52(48)65/h1-36H. The van der Waals surface area contributed by atoms with Crippen LogP contribution in [0.1, 0.15) is 0 Å². The molecule has 0 saturated heterocycles. The number of para-hydroxylation sites is 2. The van der Waals surface area contributed by atoms with E-state index >= 15 is 0 Å². The molecule has 0 fully saturated rings. The van der Waals surface area contributed by atoms with E-state index in [4.69, 9.17) is 23.8 Å². The smallest absolute Gasteiger partial charge is 0.164 e. The summed E-state index contributed by atoms with van der Waals surface area (Å²) in [6.45, 7) is 0. The number of hydrogen-bond acceptors (Lipinski definition) is 5. The fourth-order valence-corrected chi connectivity index (χ4v) is 10.1. The molecule has 0 saturated carbocycles. The second kappa shape index (κ2) is 14.7. The van der Waals surface area contributed by atoms with Gasteiger partial charge in [-0.3, -0.25) is 0 Å². The lowest BCUT2D eigenvalue weighted by atomic mass is 9.98.